The third-order valence-corrected chi connectivity index (χ3v) is 2.00. The van der Waals surface area contributed by atoms with Crippen molar-refractivity contribution in [1.29, 1.82) is 0 Å². The average Bonchev–Trinajstić information content (AvgIpc) is 1.80. The van der Waals surface area contributed by atoms with Gasteiger partial charge in [-0.1, -0.05) is 11.6 Å². The number of halogens is 2. The highest BCUT2D eigenvalue weighted by molar-refractivity contribution is 9.10. The first kappa shape index (κ1) is 10.1. The second-order valence-corrected chi connectivity index (χ2v) is 2.78. The monoisotopic (exact) mass is 240 g/mol. The lowest BCUT2D eigenvalue weighted by Gasteiger charge is -1.93. The maximum absolute atomic E-state index is 5.65. The van der Waals surface area contributed by atoms with Gasteiger partial charge in [-0.25, -0.2) is 4.98 Å². The van der Waals surface area contributed by atoms with Crippen LogP contribution in [0.5, 0.6) is 0 Å². The lowest BCUT2D eigenvalue weighted by Crippen LogP contribution is -1.87. The third kappa shape index (κ3) is 2.36. The first-order chi connectivity index (χ1) is 4.20. The fraction of sp³-hybridized carbons (Fsp3) is 0. The SMILES string of the molecule is Nc1cc(Cl)c(Br)cn1.S. The number of hydrogen-bond acceptors (Lipinski definition) is 2. The lowest BCUT2D eigenvalue weighted by atomic mass is 10.5. The number of rotatable bonds is 0. The molecule has 2 nitrogen and oxygen atoms in total. The Morgan fingerprint density at radius 2 is 2.20 bits per heavy atom. The van der Waals surface area contributed by atoms with Gasteiger partial charge in [0.1, 0.15) is 5.82 Å². The highest BCUT2D eigenvalue weighted by Gasteiger charge is 1.94. The van der Waals surface area contributed by atoms with Gasteiger partial charge in [-0.2, -0.15) is 13.5 Å². The van der Waals surface area contributed by atoms with E-state index in [1.807, 2.05) is 0 Å². The van der Waals surface area contributed by atoms with Crippen LogP contribution in [0, 0.1) is 0 Å². The smallest absolute Gasteiger partial charge is 0.124 e. The minimum Gasteiger partial charge on any atom is -0.384 e. The second-order valence-electron chi connectivity index (χ2n) is 1.52. The Morgan fingerprint density at radius 1 is 1.60 bits per heavy atom. The molecule has 0 unspecified atom stereocenters. The van der Waals surface area contributed by atoms with Crippen LogP contribution in [0.4, 0.5) is 5.82 Å². The average molecular weight is 242 g/mol. The molecule has 0 fully saturated rings. The summed E-state index contributed by atoms with van der Waals surface area (Å²) < 4.78 is 0.762. The molecule has 0 aliphatic carbocycles. The summed E-state index contributed by atoms with van der Waals surface area (Å²) in [5.41, 5.74) is 5.31. The van der Waals surface area contributed by atoms with Crippen molar-refractivity contribution in [3.05, 3.63) is 21.8 Å². The highest BCUT2D eigenvalue weighted by Crippen LogP contribution is 2.21. The molecule has 1 aromatic rings. The van der Waals surface area contributed by atoms with Crippen LogP contribution < -0.4 is 5.73 Å². The summed E-state index contributed by atoms with van der Waals surface area (Å²) in [6.45, 7) is 0. The molecule has 56 valence electrons. The van der Waals surface area contributed by atoms with Crippen LogP contribution in [0.25, 0.3) is 0 Å². The predicted molar refractivity (Wildman–Crippen MR) is 51.7 cm³/mol. The first-order valence-electron chi connectivity index (χ1n) is 2.26. The Balaban J connectivity index is 0.000000810. The van der Waals surface area contributed by atoms with Crippen LogP contribution in [0.1, 0.15) is 0 Å². The maximum Gasteiger partial charge on any atom is 0.124 e. The maximum atomic E-state index is 5.65. The van der Waals surface area contributed by atoms with Crippen molar-refractivity contribution < 1.29 is 0 Å². The third-order valence-electron chi connectivity index (χ3n) is 0.830. The van der Waals surface area contributed by atoms with E-state index in [-0.39, 0.29) is 13.5 Å². The van der Waals surface area contributed by atoms with Gasteiger partial charge in [0.15, 0.2) is 0 Å². The minimum absolute atomic E-state index is 0. The van der Waals surface area contributed by atoms with Crippen molar-refractivity contribution in [2.45, 2.75) is 0 Å². The van der Waals surface area contributed by atoms with E-state index in [4.69, 9.17) is 17.3 Å². The van der Waals surface area contributed by atoms with E-state index in [0.717, 1.165) is 4.47 Å². The van der Waals surface area contributed by atoms with Crippen LogP contribution in [-0.4, -0.2) is 4.98 Å². The first-order valence-corrected chi connectivity index (χ1v) is 3.44. The number of anilines is 1. The Bertz CT molecular complexity index is 231. The van der Waals surface area contributed by atoms with Crippen molar-refractivity contribution >= 4 is 46.8 Å². The molecular weight excluding hydrogens is 235 g/mol. The Labute approximate surface area is 79.4 Å². The molecule has 1 rings (SSSR count). The molecule has 0 bridgehead atoms. The molecule has 0 amide bonds. The van der Waals surface area contributed by atoms with Crippen LogP contribution in [0.3, 0.4) is 0 Å². The van der Waals surface area contributed by atoms with E-state index < -0.39 is 0 Å². The molecule has 2 N–H and O–H groups in total. The number of hydrogen-bond donors (Lipinski definition) is 1. The number of pyridine rings is 1. The van der Waals surface area contributed by atoms with Gasteiger partial charge in [0, 0.05) is 12.3 Å². The van der Waals surface area contributed by atoms with Crippen LogP contribution in [0.2, 0.25) is 5.02 Å². The number of nitrogens with two attached hydrogens (primary N) is 1. The zero-order valence-corrected chi connectivity index (χ0v) is 8.28. The van der Waals surface area contributed by atoms with E-state index >= 15 is 0 Å². The quantitative estimate of drug-likeness (QED) is 0.756. The van der Waals surface area contributed by atoms with Gasteiger partial charge in [0.05, 0.1) is 9.50 Å². The summed E-state index contributed by atoms with van der Waals surface area (Å²) in [6, 6.07) is 1.59. The molecule has 10 heavy (non-hydrogen) atoms. The van der Waals surface area contributed by atoms with E-state index in [2.05, 4.69) is 20.9 Å². The van der Waals surface area contributed by atoms with Gasteiger partial charge in [-0.3, -0.25) is 0 Å². The van der Waals surface area contributed by atoms with Gasteiger partial charge in [-0.15, -0.1) is 0 Å². The zero-order valence-electron chi connectivity index (χ0n) is 4.94. The summed E-state index contributed by atoms with van der Waals surface area (Å²) in [5, 5.41) is 0.586. The van der Waals surface area contributed by atoms with Crippen molar-refractivity contribution in [3.8, 4) is 0 Å². The fourth-order valence-electron chi connectivity index (χ4n) is 0.429. The van der Waals surface area contributed by atoms with Gasteiger partial charge in [0.25, 0.3) is 0 Å². The van der Waals surface area contributed by atoms with Gasteiger partial charge < -0.3 is 5.73 Å². The van der Waals surface area contributed by atoms with Crippen molar-refractivity contribution in [1.82, 2.24) is 4.98 Å². The second kappa shape index (κ2) is 4.05. The molecule has 0 saturated carbocycles. The Kier molecular flexibility index (Phi) is 4.08. The molecule has 1 aromatic heterocycles. The standard InChI is InChI=1S/C5H4BrClN2.H2S/c6-3-2-9-5(8)1-4(3)7;/h1-2H,(H2,8,9);1H2. The fourth-order valence-corrected chi connectivity index (χ4v) is 0.806. The largest absolute Gasteiger partial charge is 0.384 e. The summed E-state index contributed by atoms with van der Waals surface area (Å²) >= 11 is 8.83. The molecule has 0 aromatic carbocycles. The van der Waals surface area contributed by atoms with Gasteiger partial charge >= 0.3 is 0 Å². The van der Waals surface area contributed by atoms with Gasteiger partial charge in [-0.05, 0) is 15.9 Å². The van der Waals surface area contributed by atoms with Crippen molar-refractivity contribution in [3.63, 3.8) is 0 Å². The molecule has 1 heterocycles. The number of nitrogens with zero attached hydrogens (tertiary/aromatic N) is 1. The van der Waals surface area contributed by atoms with E-state index in [1.54, 1.807) is 12.3 Å². The number of nitrogen functional groups attached to an aromatic ring is 1. The van der Waals surface area contributed by atoms with Crippen molar-refractivity contribution in [2.75, 3.05) is 5.73 Å². The summed E-state index contributed by atoms with van der Waals surface area (Å²) in [7, 11) is 0. The molecule has 0 saturated heterocycles. The summed E-state index contributed by atoms with van der Waals surface area (Å²) in [4.78, 5) is 3.79. The van der Waals surface area contributed by atoms with Crippen LogP contribution >= 0.6 is 41.0 Å². The highest BCUT2D eigenvalue weighted by atomic mass is 79.9. The predicted octanol–water partition coefficient (Wildman–Crippen LogP) is 2.19. The molecule has 0 atom stereocenters. The molecule has 0 spiro atoms. The minimum atomic E-state index is 0. The van der Waals surface area contributed by atoms with E-state index in [0.29, 0.717) is 10.8 Å². The Morgan fingerprint density at radius 3 is 2.60 bits per heavy atom. The zero-order chi connectivity index (χ0) is 6.85. The van der Waals surface area contributed by atoms with E-state index in [1.165, 1.54) is 0 Å². The van der Waals surface area contributed by atoms with Crippen LogP contribution in [-0.2, 0) is 0 Å². The molecule has 0 radical (unpaired) electrons. The Hall–Kier alpha value is 0.0700. The van der Waals surface area contributed by atoms with E-state index in [9.17, 15) is 0 Å². The topological polar surface area (TPSA) is 38.9 Å². The van der Waals surface area contributed by atoms with Crippen LogP contribution in [0.15, 0.2) is 16.7 Å². The lowest BCUT2D eigenvalue weighted by molar-refractivity contribution is 1.32. The molecule has 0 aliphatic heterocycles. The number of aromatic nitrogens is 1. The summed E-state index contributed by atoms with van der Waals surface area (Å²) in [6.07, 6.45) is 1.57. The molecule has 0 aliphatic rings. The van der Waals surface area contributed by atoms with Crippen molar-refractivity contribution in [2.24, 2.45) is 0 Å². The molecular formula is C5H6BrClN2S. The molecule has 5 heteroatoms. The summed E-state index contributed by atoms with van der Waals surface area (Å²) in [5.74, 6) is 0.434. The normalized spacial score (nSPS) is 8.60. The van der Waals surface area contributed by atoms with Gasteiger partial charge in [0.2, 0.25) is 0 Å².